The second-order valence-electron chi connectivity index (χ2n) is 13.5. The van der Waals surface area contributed by atoms with Crippen LogP contribution in [0, 0.1) is 25.0 Å². The first-order valence-electron chi connectivity index (χ1n) is 15.6. The van der Waals surface area contributed by atoms with Crippen LogP contribution in [0.3, 0.4) is 0 Å². The molecule has 0 aliphatic carbocycles. The van der Waals surface area contributed by atoms with Crippen LogP contribution in [0.1, 0.15) is 85.8 Å². The number of nitrogens with zero attached hydrogens (tertiary/aromatic N) is 5. The molecule has 3 atom stereocenters. The van der Waals surface area contributed by atoms with Crippen LogP contribution in [0.5, 0.6) is 0 Å². The number of rotatable bonds is 8. The number of hydrogen-bond acceptors (Lipinski definition) is 6. The maximum atomic E-state index is 13.0. The molecule has 51 heavy (non-hydrogen) atoms. The van der Waals surface area contributed by atoms with Gasteiger partial charge in [-0.3, -0.25) is 15.0 Å². The molecule has 276 valence electrons. The van der Waals surface area contributed by atoms with Gasteiger partial charge in [0.15, 0.2) is 16.9 Å². The quantitative estimate of drug-likeness (QED) is 0.186. The molecule has 3 N–H and O–H groups in total. The van der Waals surface area contributed by atoms with E-state index in [1.807, 2.05) is 27.7 Å². The molecule has 2 aromatic carbocycles. The van der Waals surface area contributed by atoms with Gasteiger partial charge in [-0.1, -0.05) is 47.3 Å². The van der Waals surface area contributed by atoms with Crippen LogP contribution in [-0.2, 0) is 21.9 Å². The van der Waals surface area contributed by atoms with Crippen molar-refractivity contribution >= 4 is 40.3 Å². The second kappa shape index (κ2) is 16.4. The van der Waals surface area contributed by atoms with Gasteiger partial charge in [-0.05, 0) is 62.8 Å². The predicted molar refractivity (Wildman–Crippen MR) is 184 cm³/mol. The number of nitrogens with one attached hydrogen (secondary N) is 3. The first kappa shape index (κ1) is 42.2. The number of hydrazone groups is 1. The summed E-state index contributed by atoms with van der Waals surface area (Å²) < 4.78 is 78.1. The molecule has 2 heterocycles. The van der Waals surface area contributed by atoms with Crippen molar-refractivity contribution in [3.05, 3.63) is 70.4 Å². The molecular formula is C35H42F6N8O2. The van der Waals surface area contributed by atoms with Crippen LogP contribution in [0.15, 0.2) is 51.7 Å². The van der Waals surface area contributed by atoms with Gasteiger partial charge in [0.05, 0.1) is 30.3 Å². The standard InChI is InChI=1S/2C17H19F3N4O.CH4/c2*1-10(2)7-12-9-16(3,24-23-12)15(25)22-11-5-6-14(21-4)13(8-11)17(18,19)20;/h5-6,8,10,24H,7,9H2,1-3H3,(H,22,25);5-6,8,10,12H,7,9H2,1-3H3,(H,22,25);1H4. The Labute approximate surface area is 293 Å². The summed E-state index contributed by atoms with van der Waals surface area (Å²) in [4.78, 5) is 30.7. The van der Waals surface area contributed by atoms with E-state index in [0.29, 0.717) is 24.7 Å². The normalized spacial score (nSPS) is 21.0. The summed E-state index contributed by atoms with van der Waals surface area (Å²) in [5.74, 6) is -0.184. The number of alkyl halides is 6. The number of amides is 2. The maximum Gasteiger partial charge on any atom is 0.407 e. The van der Waals surface area contributed by atoms with Gasteiger partial charge in [-0.25, -0.2) is 9.69 Å². The van der Waals surface area contributed by atoms with Crippen molar-refractivity contribution in [2.75, 3.05) is 10.6 Å². The van der Waals surface area contributed by atoms with Gasteiger partial charge in [-0.15, -0.1) is 0 Å². The summed E-state index contributed by atoms with van der Waals surface area (Å²) in [5.41, 5.74) is -1.66. The molecular weight excluding hydrogens is 678 g/mol. The fourth-order valence-electron chi connectivity index (χ4n) is 5.38. The molecule has 2 aliphatic heterocycles. The summed E-state index contributed by atoms with van der Waals surface area (Å²) >= 11 is 0. The second-order valence-corrected chi connectivity index (χ2v) is 13.5. The van der Waals surface area contributed by atoms with E-state index in [-0.39, 0.29) is 24.8 Å². The monoisotopic (exact) mass is 720 g/mol. The van der Waals surface area contributed by atoms with Crippen LogP contribution < -0.4 is 16.1 Å². The van der Waals surface area contributed by atoms with Crippen LogP contribution in [0.25, 0.3) is 9.69 Å². The first-order valence-corrected chi connectivity index (χ1v) is 15.6. The highest BCUT2D eigenvalue weighted by atomic mass is 19.4. The van der Waals surface area contributed by atoms with Crippen molar-refractivity contribution in [3.63, 3.8) is 0 Å². The highest BCUT2D eigenvalue weighted by molar-refractivity contribution is 6.03. The Kier molecular flexibility index (Phi) is 13.5. The van der Waals surface area contributed by atoms with E-state index in [1.165, 1.54) is 12.1 Å². The molecule has 0 radical (unpaired) electrons. The topological polar surface area (TPSA) is 116 Å². The van der Waals surface area contributed by atoms with Gasteiger partial charge in [0, 0.05) is 29.9 Å². The average Bonchev–Trinajstić information content (AvgIpc) is 3.58. The molecule has 0 aromatic heterocycles. The lowest BCUT2D eigenvalue weighted by molar-refractivity contribution is -0.137. The molecule has 3 unspecified atom stereocenters. The van der Waals surface area contributed by atoms with Gasteiger partial charge in [0.1, 0.15) is 5.54 Å². The van der Waals surface area contributed by atoms with Crippen molar-refractivity contribution in [3.8, 4) is 0 Å². The lowest BCUT2D eigenvalue weighted by atomic mass is 9.91. The van der Waals surface area contributed by atoms with E-state index < -0.39 is 57.7 Å². The Balaban J connectivity index is 0.000000347. The molecule has 10 nitrogen and oxygen atoms in total. The zero-order chi connectivity index (χ0) is 37.7. The van der Waals surface area contributed by atoms with Crippen LogP contribution in [-0.4, -0.2) is 34.6 Å². The Morgan fingerprint density at radius 1 is 0.882 bits per heavy atom. The van der Waals surface area contributed by atoms with Crippen LogP contribution in [0.2, 0.25) is 0 Å². The van der Waals surface area contributed by atoms with Gasteiger partial charge >= 0.3 is 12.4 Å². The molecule has 0 saturated carbocycles. The Morgan fingerprint density at radius 2 is 1.37 bits per heavy atom. The smallest absolute Gasteiger partial charge is 0.324 e. The SMILES string of the molecule is C.[C-]#[N+]c1ccc(NC(=O)C2(C)CC(CC(C)C)=NN2)cc1C(F)(F)F.[C-]#[N+]c1ccc(NC(=O)C2(C)CC(CC(C)C)N=N2)cc1C(F)(F)F. The molecule has 0 fully saturated rings. The Morgan fingerprint density at radius 3 is 1.80 bits per heavy atom. The van der Waals surface area contributed by atoms with Crippen molar-refractivity contribution < 1.29 is 35.9 Å². The fraction of sp³-hybridized carbons (Fsp3) is 0.514. The number of halogens is 6. The number of hydrogen-bond donors (Lipinski definition) is 3. The van der Waals surface area contributed by atoms with E-state index in [9.17, 15) is 35.9 Å². The van der Waals surface area contributed by atoms with E-state index in [2.05, 4.69) is 41.1 Å². The molecule has 16 heteroatoms. The number of anilines is 2. The number of benzene rings is 2. The van der Waals surface area contributed by atoms with Crippen LogP contribution in [0.4, 0.5) is 49.1 Å². The highest BCUT2D eigenvalue weighted by Gasteiger charge is 2.42. The van der Waals surface area contributed by atoms with Gasteiger partial charge in [-0.2, -0.15) is 41.7 Å². The summed E-state index contributed by atoms with van der Waals surface area (Å²) in [6, 6.07) is 6.15. The van der Waals surface area contributed by atoms with Crippen molar-refractivity contribution in [1.82, 2.24) is 5.43 Å². The molecule has 2 amide bonds. The number of carbonyl (C=O) groups is 2. The largest absolute Gasteiger partial charge is 0.407 e. The van der Waals surface area contributed by atoms with Gasteiger partial charge in [0.2, 0.25) is 0 Å². The third kappa shape index (κ3) is 11.0. The van der Waals surface area contributed by atoms with E-state index in [1.54, 1.807) is 13.8 Å². The number of carbonyl (C=O) groups excluding carboxylic acids is 2. The molecule has 2 aromatic rings. The molecule has 0 saturated heterocycles. The Bertz CT molecular complexity index is 1740. The predicted octanol–water partition coefficient (Wildman–Crippen LogP) is 10.2. The minimum atomic E-state index is -4.67. The van der Waals surface area contributed by atoms with Crippen molar-refractivity contribution in [2.45, 2.75) is 104 Å². The summed E-state index contributed by atoms with van der Waals surface area (Å²) in [7, 11) is 0. The summed E-state index contributed by atoms with van der Waals surface area (Å²) in [6.45, 7) is 25.1. The average molecular weight is 721 g/mol. The van der Waals surface area contributed by atoms with E-state index >= 15 is 0 Å². The van der Waals surface area contributed by atoms with E-state index in [4.69, 9.17) is 13.1 Å². The zero-order valence-corrected chi connectivity index (χ0v) is 28.3. The van der Waals surface area contributed by atoms with Crippen molar-refractivity contribution in [1.29, 1.82) is 0 Å². The van der Waals surface area contributed by atoms with Gasteiger partial charge in [0.25, 0.3) is 11.8 Å². The first-order chi connectivity index (χ1) is 23.1. The molecule has 0 bridgehead atoms. The van der Waals surface area contributed by atoms with E-state index in [0.717, 1.165) is 42.8 Å². The summed E-state index contributed by atoms with van der Waals surface area (Å²) in [5, 5.41) is 17.3. The minimum Gasteiger partial charge on any atom is -0.324 e. The molecule has 0 spiro atoms. The minimum absolute atomic E-state index is 0. The lowest BCUT2D eigenvalue weighted by Gasteiger charge is -2.23. The summed E-state index contributed by atoms with van der Waals surface area (Å²) in [6.07, 6.45) is -6.98. The number of azo groups is 1. The third-order valence-electron chi connectivity index (χ3n) is 7.83. The fourth-order valence-corrected chi connectivity index (χ4v) is 5.38. The van der Waals surface area contributed by atoms with Crippen LogP contribution >= 0.6 is 0 Å². The third-order valence-corrected chi connectivity index (χ3v) is 7.83. The van der Waals surface area contributed by atoms with Gasteiger partial charge < -0.3 is 10.6 Å². The maximum absolute atomic E-state index is 13.0. The molecule has 4 rings (SSSR count). The molecule has 2 aliphatic rings. The zero-order valence-electron chi connectivity index (χ0n) is 28.3. The van der Waals surface area contributed by atoms with Crippen molar-refractivity contribution in [2.24, 2.45) is 27.2 Å². The highest BCUT2D eigenvalue weighted by Crippen LogP contribution is 2.40. The lowest BCUT2D eigenvalue weighted by Crippen LogP contribution is -2.47. The Hall–Kier alpha value is -4.99.